The minimum absolute atomic E-state index is 0.194. The zero-order valence-electron chi connectivity index (χ0n) is 13.9. The van der Waals surface area contributed by atoms with Crippen molar-refractivity contribution in [3.63, 3.8) is 0 Å². The van der Waals surface area contributed by atoms with Gasteiger partial charge in [-0.15, -0.1) is 11.3 Å². The maximum atomic E-state index is 11.8. The molecule has 0 saturated carbocycles. The van der Waals surface area contributed by atoms with Crippen LogP contribution in [0.4, 0.5) is 4.79 Å². The van der Waals surface area contributed by atoms with Crippen LogP contribution in [0.1, 0.15) is 26.3 Å². The van der Waals surface area contributed by atoms with Gasteiger partial charge in [0.25, 0.3) is 0 Å². The van der Waals surface area contributed by atoms with Gasteiger partial charge in [-0.05, 0) is 43.3 Å². The van der Waals surface area contributed by atoms with E-state index in [1.807, 2.05) is 41.8 Å². The second-order valence-electron chi connectivity index (χ2n) is 6.42. The predicted molar refractivity (Wildman–Crippen MR) is 94.3 cm³/mol. The number of carboxylic acids is 1. The highest BCUT2D eigenvalue weighted by Gasteiger charge is 2.24. The first-order valence-electron chi connectivity index (χ1n) is 7.60. The number of carboxylic acid groups (broad SMARTS) is 1. The summed E-state index contributed by atoms with van der Waals surface area (Å²) >= 11 is 1.65. The van der Waals surface area contributed by atoms with E-state index >= 15 is 0 Å². The number of aliphatic carboxylic acids is 1. The molecular weight excluding hydrogens is 326 g/mol. The number of thiophene rings is 1. The molecule has 2 N–H and O–H groups in total. The molecule has 6 heteroatoms. The fourth-order valence-corrected chi connectivity index (χ4v) is 2.87. The molecule has 24 heavy (non-hydrogen) atoms. The molecule has 1 heterocycles. The highest BCUT2D eigenvalue weighted by molar-refractivity contribution is 7.13. The van der Waals surface area contributed by atoms with Crippen LogP contribution in [-0.4, -0.2) is 28.8 Å². The maximum absolute atomic E-state index is 11.8. The van der Waals surface area contributed by atoms with Gasteiger partial charge in [-0.3, -0.25) is 0 Å². The molecule has 0 saturated heterocycles. The summed E-state index contributed by atoms with van der Waals surface area (Å²) in [5.41, 5.74) is 1.25. The monoisotopic (exact) mass is 347 g/mol. The van der Waals surface area contributed by atoms with E-state index in [1.165, 1.54) is 0 Å². The van der Waals surface area contributed by atoms with Crippen LogP contribution >= 0.6 is 11.3 Å². The highest BCUT2D eigenvalue weighted by Crippen LogP contribution is 2.24. The van der Waals surface area contributed by atoms with Crippen LogP contribution in [0.3, 0.4) is 0 Å². The number of ether oxygens (including phenoxy) is 1. The molecule has 1 atom stereocenters. The van der Waals surface area contributed by atoms with Gasteiger partial charge >= 0.3 is 12.1 Å². The van der Waals surface area contributed by atoms with Crippen LogP contribution in [0.5, 0.6) is 0 Å². The molecule has 0 aliphatic rings. The Morgan fingerprint density at radius 1 is 1.21 bits per heavy atom. The lowest BCUT2D eigenvalue weighted by molar-refractivity contribution is -0.139. The quantitative estimate of drug-likeness (QED) is 0.859. The second-order valence-corrected chi connectivity index (χ2v) is 7.36. The normalized spacial score (nSPS) is 12.5. The third kappa shape index (κ3) is 5.38. The first kappa shape index (κ1) is 18.0. The summed E-state index contributed by atoms with van der Waals surface area (Å²) in [5.74, 6) is -1.09. The molecule has 5 nitrogen and oxygen atoms in total. The van der Waals surface area contributed by atoms with Crippen molar-refractivity contribution < 1.29 is 19.4 Å². The van der Waals surface area contributed by atoms with E-state index in [1.54, 1.807) is 32.1 Å². The van der Waals surface area contributed by atoms with Crippen LogP contribution in [0, 0.1) is 0 Å². The standard InChI is InChI=1S/C18H21NO4S/c1-18(2,3)23-17(22)19-14(16(20)21)11-12-6-8-13(9-7-12)15-5-4-10-24-15/h4-10,14H,11H2,1-3H3,(H,19,22)(H,20,21). The first-order chi connectivity index (χ1) is 11.2. The van der Waals surface area contributed by atoms with Crippen molar-refractivity contribution in [3.05, 3.63) is 47.3 Å². The van der Waals surface area contributed by atoms with Crippen LogP contribution in [0.25, 0.3) is 10.4 Å². The van der Waals surface area contributed by atoms with E-state index in [4.69, 9.17) is 4.74 Å². The van der Waals surface area contributed by atoms with Gasteiger partial charge < -0.3 is 15.2 Å². The summed E-state index contributed by atoms with van der Waals surface area (Å²) in [4.78, 5) is 24.3. The predicted octanol–water partition coefficient (Wildman–Crippen LogP) is 3.94. The molecule has 0 aliphatic heterocycles. The Hall–Kier alpha value is -2.34. The Labute approximate surface area is 145 Å². The third-order valence-electron chi connectivity index (χ3n) is 3.19. The average molecular weight is 347 g/mol. The van der Waals surface area contributed by atoms with Crippen molar-refractivity contribution >= 4 is 23.4 Å². The topological polar surface area (TPSA) is 75.6 Å². The largest absolute Gasteiger partial charge is 0.480 e. The first-order valence-corrected chi connectivity index (χ1v) is 8.48. The minimum Gasteiger partial charge on any atom is -0.480 e. The van der Waals surface area contributed by atoms with E-state index in [9.17, 15) is 14.7 Å². The summed E-state index contributed by atoms with van der Waals surface area (Å²) in [6.07, 6.45) is -0.538. The summed E-state index contributed by atoms with van der Waals surface area (Å²) in [6, 6.07) is 10.6. The van der Waals surface area contributed by atoms with Gasteiger partial charge in [-0.25, -0.2) is 9.59 Å². The van der Waals surface area contributed by atoms with E-state index in [0.717, 1.165) is 16.0 Å². The Morgan fingerprint density at radius 3 is 2.38 bits per heavy atom. The van der Waals surface area contributed by atoms with Gasteiger partial charge in [0.2, 0.25) is 0 Å². The van der Waals surface area contributed by atoms with Crippen LogP contribution in [0.2, 0.25) is 0 Å². The second kappa shape index (κ2) is 7.49. The van der Waals surface area contributed by atoms with Gasteiger partial charge in [0.1, 0.15) is 11.6 Å². The zero-order chi connectivity index (χ0) is 17.7. The zero-order valence-corrected chi connectivity index (χ0v) is 14.7. The Balaban J connectivity index is 2.02. The fourth-order valence-electron chi connectivity index (χ4n) is 2.13. The molecule has 0 bridgehead atoms. The molecule has 0 fully saturated rings. The molecule has 0 aliphatic carbocycles. The smallest absolute Gasteiger partial charge is 0.408 e. The Kier molecular flexibility index (Phi) is 5.62. The van der Waals surface area contributed by atoms with E-state index < -0.39 is 23.7 Å². The number of hydrogen-bond acceptors (Lipinski definition) is 4. The molecule has 128 valence electrons. The summed E-state index contributed by atoms with van der Waals surface area (Å²) < 4.78 is 5.11. The van der Waals surface area contributed by atoms with Gasteiger partial charge in [0, 0.05) is 11.3 Å². The van der Waals surface area contributed by atoms with E-state index in [2.05, 4.69) is 5.32 Å². The number of nitrogens with one attached hydrogen (secondary N) is 1. The van der Waals surface area contributed by atoms with E-state index in [-0.39, 0.29) is 6.42 Å². The lowest BCUT2D eigenvalue weighted by atomic mass is 10.0. The molecule has 1 aromatic carbocycles. The van der Waals surface area contributed by atoms with Crippen molar-refractivity contribution in [2.45, 2.75) is 38.8 Å². The van der Waals surface area contributed by atoms with Crippen LogP contribution in [0.15, 0.2) is 41.8 Å². The van der Waals surface area contributed by atoms with Crippen molar-refractivity contribution in [1.82, 2.24) is 5.32 Å². The Morgan fingerprint density at radius 2 is 1.88 bits per heavy atom. The summed E-state index contributed by atoms with van der Waals surface area (Å²) in [6.45, 7) is 5.18. The average Bonchev–Trinajstić information content (AvgIpc) is 2.99. The van der Waals surface area contributed by atoms with E-state index in [0.29, 0.717) is 0 Å². The van der Waals surface area contributed by atoms with Crippen molar-refractivity contribution in [3.8, 4) is 10.4 Å². The molecule has 0 spiro atoms. The number of benzene rings is 1. The molecule has 2 aromatic rings. The minimum atomic E-state index is -1.09. The highest BCUT2D eigenvalue weighted by atomic mass is 32.1. The number of amides is 1. The number of carbonyl (C=O) groups is 2. The van der Waals surface area contributed by atoms with Crippen LogP contribution in [-0.2, 0) is 16.0 Å². The molecule has 1 aromatic heterocycles. The summed E-state index contributed by atoms with van der Waals surface area (Å²) in [7, 11) is 0. The lowest BCUT2D eigenvalue weighted by Crippen LogP contribution is -2.44. The molecular formula is C18H21NO4S. The van der Waals surface area contributed by atoms with Gasteiger partial charge in [0.15, 0.2) is 0 Å². The lowest BCUT2D eigenvalue weighted by Gasteiger charge is -2.22. The van der Waals surface area contributed by atoms with Gasteiger partial charge in [-0.1, -0.05) is 30.3 Å². The SMILES string of the molecule is CC(C)(C)OC(=O)NC(Cc1ccc(-c2cccs2)cc1)C(=O)O. The molecule has 1 amide bonds. The molecule has 1 unspecified atom stereocenters. The summed E-state index contributed by atoms with van der Waals surface area (Å²) in [5, 5.41) is 13.7. The van der Waals surface area contributed by atoms with Gasteiger partial charge in [0.05, 0.1) is 0 Å². The van der Waals surface area contributed by atoms with Crippen molar-refractivity contribution in [2.75, 3.05) is 0 Å². The number of rotatable bonds is 5. The fraction of sp³-hybridized carbons (Fsp3) is 0.333. The Bertz CT molecular complexity index is 687. The number of alkyl carbamates (subject to hydrolysis) is 1. The number of carbonyl (C=O) groups excluding carboxylic acids is 1. The van der Waals surface area contributed by atoms with Gasteiger partial charge in [-0.2, -0.15) is 0 Å². The third-order valence-corrected chi connectivity index (χ3v) is 4.11. The van der Waals surface area contributed by atoms with Crippen LogP contribution < -0.4 is 5.32 Å². The molecule has 2 rings (SSSR count). The maximum Gasteiger partial charge on any atom is 0.408 e. The number of hydrogen-bond donors (Lipinski definition) is 2. The van der Waals surface area contributed by atoms with Crippen molar-refractivity contribution in [2.24, 2.45) is 0 Å². The molecule has 0 radical (unpaired) electrons. The van der Waals surface area contributed by atoms with Crippen molar-refractivity contribution in [1.29, 1.82) is 0 Å².